The average Bonchev–Trinajstić information content (AvgIpc) is 3.20. The number of likely N-dealkylation sites (tertiary alicyclic amines) is 1. The zero-order valence-electron chi connectivity index (χ0n) is 12.7. The van der Waals surface area contributed by atoms with Crippen molar-refractivity contribution in [2.45, 2.75) is 19.4 Å². The molecule has 0 radical (unpaired) electrons. The van der Waals surface area contributed by atoms with Gasteiger partial charge in [0.1, 0.15) is 5.69 Å². The Bertz CT molecular complexity index is 620. The number of hydrogen-bond acceptors (Lipinski definition) is 5. The third kappa shape index (κ3) is 3.51. The van der Waals surface area contributed by atoms with Gasteiger partial charge in [0.15, 0.2) is 5.76 Å². The van der Waals surface area contributed by atoms with Crippen LogP contribution < -0.4 is 0 Å². The monoisotopic (exact) mass is 300 g/mol. The molecule has 1 saturated heterocycles. The Labute approximate surface area is 129 Å². The van der Waals surface area contributed by atoms with Crippen molar-refractivity contribution in [2.24, 2.45) is 0 Å². The summed E-state index contributed by atoms with van der Waals surface area (Å²) in [5.41, 5.74) is 1.72. The molecule has 0 saturated carbocycles. The minimum absolute atomic E-state index is 0.115. The van der Waals surface area contributed by atoms with Gasteiger partial charge in [0.25, 0.3) is 0 Å². The molecule has 0 spiro atoms. The van der Waals surface area contributed by atoms with Crippen LogP contribution in [0.3, 0.4) is 0 Å². The summed E-state index contributed by atoms with van der Waals surface area (Å²) < 4.78 is 5.33. The zero-order chi connectivity index (χ0) is 15.4. The number of amides is 1. The van der Waals surface area contributed by atoms with E-state index in [0.29, 0.717) is 18.8 Å². The lowest BCUT2D eigenvalue weighted by Crippen LogP contribution is -2.36. The van der Waals surface area contributed by atoms with Gasteiger partial charge in [-0.3, -0.25) is 14.7 Å². The first-order valence-electron chi connectivity index (χ1n) is 7.55. The smallest absolute Gasteiger partial charge is 0.236 e. The fourth-order valence-electron chi connectivity index (χ4n) is 2.62. The summed E-state index contributed by atoms with van der Waals surface area (Å²) in [7, 11) is 1.80. The molecule has 1 aliphatic rings. The van der Waals surface area contributed by atoms with Crippen LogP contribution in [0.5, 0.6) is 0 Å². The number of nitrogens with zero attached hydrogens (tertiary/aromatic N) is 4. The van der Waals surface area contributed by atoms with E-state index in [1.807, 2.05) is 18.2 Å². The van der Waals surface area contributed by atoms with Crippen LogP contribution in [0.25, 0.3) is 11.3 Å². The number of pyridine rings is 1. The van der Waals surface area contributed by atoms with E-state index in [1.165, 1.54) is 12.8 Å². The van der Waals surface area contributed by atoms with Crippen molar-refractivity contribution in [3.8, 4) is 11.3 Å². The molecule has 0 aromatic carbocycles. The van der Waals surface area contributed by atoms with Crippen LogP contribution >= 0.6 is 0 Å². The summed E-state index contributed by atoms with van der Waals surface area (Å²) in [5, 5.41) is 4.05. The molecule has 0 N–H and O–H groups in total. The lowest BCUT2D eigenvalue weighted by molar-refractivity contribution is -0.131. The van der Waals surface area contributed by atoms with Crippen molar-refractivity contribution in [3.63, 3.8) is 0 Å². The highest BCUT2D eigenvalue weighted by molar-refractivity contribution is 5.78. The first-order valence-corrected chi connectivity index (χ1v) is 7.55. The van der Waals surface area contributed by atoms with Crippen LogP contribution in [-0.2, 0) is 11.3 Å². The van der Waals surface area contributed by atoms with Gasteiger partial charge in [-0.25, -0.2) is 0 Å². The molecule has 6 heteroatoms. The fraction of sp³-hybridized carbons (Fsp3) is 0.438. The second-order valence-electron chi connectivity index (χ2n) is 5.65. The molecule has 3 heterocycles. The van der Waals surface area contributed by atoms with Gasteiger partial charge in [-0.1, -0.05) is 5.16 Å². The van der Waals surface area contributed by atoms with Gasteiger partial charge in [-0.2, -0.15) is 0 Å². The second-order valence-corrected chi connectivity index (χ2v) is 5.65. The third-order valence-electron chi connectivity index (χ3n) is 3.91. The molecule has 0 atom stereocenters. The normalized spacial score (nSPS) is 15.1. The Morgan fingerprint density at radius 1 is 1.32 bits per heavy atom. The van der Waals surface area contributed by atoms with Crippen molar-refractivity contribution in [2.75, 3.05) is 26.7 Å². The van der Waals surface area contributed by atoms with Gasteiger partial charge in [-0.05, 0) is 38.1 Å². The van der Waals surface area contributed by atoms with Crippen LogP contribution in [0, 0.1) is 0 Å². The summed E-state index contributed by atoms with van der Waals surface area (Å²) in [5.74, 6) is 0.799. The number of carbonyl (C=O) groups is 1. The molecule has 3 rings (SSSR count). The molecular weight excluding hydrogens is 280 g/mol. The topological polar surface area (TPSA) is 62.5 Å². The summed E-state index contributed by atoms with van der Waals surface area (Å²) in [6, 6.07) is 5.63. The molecular formula is C16H20N4O2. The maximum Gasteiger partial charge on any atom is 0.236 e. The Balaban J connectivity index is 1.58. The highest BCUT2D eigenvalue weighted by atomic mass is 16.5. The Kier molecular flexibility index (Phi) is 4.48. The van der Waals surface area contributed by atoms with Gasteiger partial charge < -0.3 is 9.42 Å². The molecule has 1 fully saturated rings. The molecule has 22 heavy (non-hydrogen) atoms. The molecule has 116 valence electrons. The predicted molar refractivity (Wildman–Crippen MR) is 81.9 cm³/mol. The van der Waals surface area contributed by atoms with Crippen LogP contribution in [0.4, 0.5) is 0 Å². The van der Waals surface area contributed by atoms with Crippen molar-refractivity contribution >= 4 is 5.91 Å². The molecule has 1 amide bonds. The number of carbonyl (C=O) groups excluding carboxylic acids is 1. The van der Waals surface area contributed by atoms with Crippen molar-refractivity contribution < 1.29 is 9.32 Å². The number of likely N-dealkylation sites (N-methyl/N-ethyl adjacent to an activating group) is 1. The summed E-state index contributed by atoms with van der Waals surface area (Å²) in [6.45, 7) is 2.97. The van der Waals surface area contributed by atoms with E-state index in [1.54, 1.807) is 24.3 Å². The highest BCUT2D eigenvalue weighted by Gasteiger charge is 2.19. The van der Waals surface area contributed by atoms with E-state index in [2.05, 4.69) is 15.0 Å². The molecule has 0 aliphatic carbocycles. The van der Waals surface area contributed by atoms with Crippen molar-refractivity contribution in [1.29, 1.82) is 0 Å². The fourth-order valence-corrected chi connectivity index (χ4v) is 2.62. The standard InChI is InChI=1S/C16H20N4O2/c1-19(16(21)12-20-8-2-3-9-20)11-14-10-15(18-22-14)13-4-6-17-7-5-13/h4-7,10H,2-3,8-9,11-12H2,1H3. The Morgan fingerprint density at radius 2 is 2.05 bits per heavy atom. The minimum atomic E-state index is 0.115. The maximum atomic E-state index is 12.2. The molecule has 0 bridgehead atoms. The Hall–Kier alpha value is -2.21. The van der Waals surface area contributed by atoms with E-state index in [4.69, 9.17) is 4.52 Å². The Morgan fingerprint density at radius 3 is 2.77 bits per heavy atom. The molecule has 2 aromatic heterocycles. The first-order chi connectivity index (χ1) is 10.7. The third-order valence-corrected chi connectivity index (χ3v) is 3.91. The summed E-state index contributed by atoms with van der Waals surface area (Å²) in [6.07, 6.45) is 5.81. The number of hydrogen-bond donors (Lipinski definition) is 0. The van der Waals surface area contributed by atoms with Crippen LogP contribution in [0.15, 0.2) is 35.1 Å². The largest absolute Gasteiger partial charge is 0.359 e. The van der Waals surface area contributed by atoms with E-state index in [0.717, 1.165) is 24.3 Å². The van der Waals surface area contributed by atoms with Crippen LogP contribution in [0.1, 0.15) is 18.6 Å². The predicted octanol–water partition coefficient (Wildman–Crippen LogP) is 1.79. The van der Waals surface area contributed by atoms with Crippen molar-refractivity contribution in [3.05, 3.63) is 36.4 Å². The lowest BCUT2D eigenvalue weighted by atomic mass is 10.2. The van der Waals surface area contributed by atoms with E-state index < -0.39 is 0 Å². The zero-order valence-corrected chi connectivity index (χ0v) is 12.7. The summed E-state index contributed by atoms with van der Waals surface area (Å²) >= 11 is 0. The molecule has 6 nitrogen and oxygen atoms in total. The van der Waals surface area contributed by atoms with Gasteiger partial charge in [0.05, 0.1) is 13.1 Å². The van der Waals surface area contributed by atoms with E-state index >= 15 is 0 Å². The highest BCUT2D eigenvalue weighted by Crippen LogP contribution is 2.18. The quantitative estimate of drug-likeness (QED) is 0.842. The number of aromatic nitrogens is 2. The molecule has 0 unspecified atom stereocenters. The van der Waals surface area contributed by atoms with E-state index in [-0.39, 0.29) is 5.91 Å². The summed E-state index contributed by atoms with van der Waals surface area (Å²) in [4.78, 5) is 20.1. The van der Waals surface area contributed by atoms with Gasteiger partial charge in [0, 0.05) is 31.1 Å². The first kappa shape index (κ1) is 14.7. The SMILES string of the molecule is CN(Cc1cc(-c2ccncc2)no1)C(=O)CN1CCCC1. The van der Waals surface area contributed by atoms with Crippen LogP contribution in [-0.4, -0.2) is 52.5 Å². The molecule has 2 aromatic rings. The van der Waals surface area contributed by atoms with E-state index in [9.17, 15) is 4.79 Å². The lowest BCUT2D eigenvalue weighted by Gasteiger charge is -2.20. The van der Waals surface area contributed by atoms with Gasteiger partial charge in [0.2, 0.25) is 5.91 Å². The van der Waals surface area contributed by atoms with Gasteiger partial charge >= 0.3 is 0 Å². The van der Waals surface area contributed by atoms with Gasteiger partial charge in [-0.15, -0.1) is 0 Å². The number of rotatable bonds is 5. The molecule has 1 aliphatic heterocycles. The van der Waals surface area contributed by atoms with Crippen molar-refractivity contribution in [1.82, 2.24) is 19.9 Å². The second kappa shape index (κ2) is 6.70. The minimum Gasteiger partial charge on any atom is -0.359 e. The van der Waals surface area contributed by atoms with Crippen LogP contribution in [0.2, 0.25) is 0 Å². The maximum absolute atomic E-state index is 12.2. The average molecular weight is 300 g/mol.